The van der Waals surface area contributed by atoms with Gasteiger partial charge in [0.25, 0.3) is 11.5 Å². The molecule has 9 nitrogen and oxygen atoms in total. The van der Waals surface area contributed by atoms with Gasteiger partial charge in [-0.05, 0) is 42.2 Å². The summed E-state index contributed by atoms with van der Waals surface area (Å²) in [5.41, 5.74) is 1.06. The number of ether oxygens (including phenoxy) is 2. The average molecular weight is 529 g/mol. The minimum absolute atomic E-state index is 0.0151. The van der Waals surface area contributed by atoms with E-state index in [-0.39, 0.29) is 48.4 Å². The quantitative estimate of drug-likeness (QED) is 0.364. The fourth-order valence-corrected chi connectivity index (χ4v) is 4.23. The molecule has 2 aromatic carbocycles. The van der Waals surface area contributed by atoms with Crippen molar-refractivity contribution in [2.75, 3.05) is 25.8 Å². The maximum atomic E-state index is 13.2. The van der Waals surface area contributed by atoms with Gasteiger partial charge >= 0.3 is 0 Å². The Balaban J connectivity index is 1.70. The van der Waals surface area contributed by atoms with Gasteiger partial charge in [0.1, 0.15) is 11.4 Å². The summed E-state index contributed by atoms with van der Waals surface area (Å²) in [5, 5.41) is 6.06. The van der Waals surface area contributed by atoms with Crippen molar-refractivity contribution in [2.45, 2.75) is 33.6 Å². The number of carbonyl (C=O) groups is 2. The average Bonchev–Trinajstić information content (AvgIpc) is 3.10. The van der Waals surface area contributed by atoms with Gasteiger partial charge in [-0.3, -0.25) is 19.1 Å². The van der Waals surface area contributed by atoms with E-state index >= 15 is 0 Å². The van der Waals surface area contributed by atoms with Crippen LogP contribution < -0.4 is 20.9 Å². The highest BCUT2D eigenvalue weighted by Gasteiger charge is 2.26. The van der Waals surface area contributed by atoms with Gasteiger partial charge in [-0.25, -0.2) is 4.68 Å². The Kier molecular flexibility index (Phi) is 9.18. The number of halogens is 1. The molecule has 0 bridgehead atoms. The van der Waals surface area contributed by atoms with Crippen molar-refractivity contribution in [2.24, 2.45) is 12.5 Å². The molecular weight excluding hydrogens is 496 g/mol. The second-order valence-corrected chi connectivity index (χ2v) is 9.85. The second kappa shape index (κ2) is 12.1. The lowest BCUT2D eigenvalue weighted by Gasteiger charge is -2.24. The molecule has 0 radical (unpaired) electrons. The highest BCUT2D eigenvalue weighted by Crippen LogP contribution is 2.25. The summed E-state index contributed by atoms with van der Waals surface area (Å²) in [7, 11) is 3.28. The zero-order valence-electron chi connectivity index (χ0n) is 21.8. The molecule has 0 aliphatic heterocycles. The molecule has 3 rings (SSSR count). The van der Waals surface area contributed by atoms with Crippen LogP contribution >= 0.6 is 11.6 Å². The summed E-state index contributed by atoms with van der Waals surface area (Å²) in [6.45, 7) is 5.85. The van der Waals surface area contributed by atoms with E-state index in [4.69, 9.17) is 21.1 Å². The number of rotatable bonds is 11. The fourth-order valence-electron chi connectivity index (χ4n) is 4.06. The predicted molar refractivity (Wildman–Crippen MR) is 144 cm³/mol. The number of nitrogens with zero attached hydrogens (tertiary/aromatic N) is 2. The summed E-state index contributed by atoms with van der Waals surface area (Å²) < 4.78 is 13.7. The molecule has 0 saturated heterocycles. The van der Waals surface area contributed by atoms with Gasteiger partial charge in [0.05, 0.1) is 16.9 Å². The Bertz CT molecular complexity index is 1310. The van der Waals surface area contributed by atoms with Crippen LogP contribution in [0.5, 0.6) is 5.75 Å². The summed E-state index contributed by atoms with van der Waals surface area (Å²) in [6.07, 6.45) is 0.645. The van der Waals surface area contributed by atoms with Gasteiger partial charge in [-0.2, -0.15) is 0 Å². The number of carbonyl (C=O) groups excluding carboxylic acids is 2. The molecule has 2 amide bonds. The number of hydrogen-bond acceptors (Lipinski definition) is 5. The summed E-state index contributed by atoms with van der Waals surface area (Å²) >= 11 is 6.07. The first-order chi connectivity index (χ1) is 17.6. The van der Waals surface area contributed by atoms with Crippen LogP contribution in [-0.4, -0.2) is 41.6 Å². The van der Waals surface area contributed by atoms with Gasteiger partial charge in [0, 0.05) is 32.1 Å². The number of methoxy groups -OCH3 is 1. The van der Waals surface area contributed by atoms with E-state index in [1.807, 2.05) is 51.1 Å². The van der Waals surface area contributed by atoms with E-state index in [0.29, 0.717) is 22.9 Å². The van der Waals surface area contributed by atoms with E-state index in [0.717, 1.165) is 5.69 Å². The highest BCUT2D eigenvalue weighted by molar-refractivity contribution is 6.31. The van der Waals surface area contributed by atoms with Crippen molar-refractivity contribution in [3.05, 3.63) is 75.2 Å². The minimum atomic E-state index is -0.606. The molecule has 198 valence electrons. The normalized spacial score (nSPS) is 11.3. The molecule has 10 heteroatoms. The monoisotopic (exact) mass is 528 g/mol. The molecule has 1 aromatic heterocycles. The minimum Gasteiger partial charge on any atom is -0.467 e. The lowest BCUT2D eigenvalue weighted by molar-refractivity contribution is -0.118. The first-order valence-corrected chi connectivity index (χ1v) is 12.3. The van der Waals surface area contributed by atoms with E-state index < -0.39 is 5.41 Å². The molecule has 0 unspecified atom stereocenters. The molecule has 37 heavy (non-hydrogen) atoms. The van der Waals surface area contributed by atoms with Crippen molar-refractivity contribution in [3.63, 3.8) is 0 Å². The van der Waals surface area contributed by atoms with E-state index in [1.54, 1.807) is 23.9 Å². The van der Waals surface area contributed by atoms with E-state index in [2.05, 4.69) is 10.6 Å². The third-order valence-electron chi connectivity index (χ3n) is 5.87. The number of hydrogen-bond donors (Lipinski definition) is 2. The van der Waals surface area contributed by atoms with Crippen LogP contribution in [0.1, 0.15) is 43.2 Å². The molecule has 0 fully saturated rings. The van der Waals surface area contributed by atoms with E-state index in [9.17, 15) is 14.4 Å². The smallest absolute Gasteiger partial charge is 0.295 e. The molecule has 2 N–H and O–H groups in total. The Labute approximate surface area is 221 Å². The molecular formula is C27H33ClN4O5. The van der Waals surface area contributed by atoms with Crippen LogP contribution in [-0.2, 0) is 23.0 Å². The maximum Gasteiger partial charge on any atom is 0.295 e. The van der Waals surface area contributed by atoms with Crippen molar-refractivity contribution in [3.8, 4) is 11.4 Å². The Morgan fingerprint density at radius 2 is 1.81 bits per heavy atom. The summed E-state index contributed by atoms with van der Waals surface area (Å²) in [5.74, 6) is -0.363. The SMILES string of the molecule is CCc1c(NC(=O)CC(C)(C)CNC(=O)c2cc(Cl)ccc2OCOC)c(=O)n(-c2ccccc2)n1C. The van der Waals surface area contributed by atoms with Gasteiger partial charge in [-0.1, -0.05) is 50.6 Å². The molecule has 0 aliphatic carbocycles. The summed E-state index contributed by atoms with van der Waals surface area (Å²) in [6, 6.07) is 14.0. The number of aromatic nitrogens is 2. The first-order valence-electron chi connectivity index (χ1n) is 11.9. The third kappa shape index (κ3) is 6.81. The van der Waals surface area contributed by atoms with Crippen LogP contribution in [0.15, 0.2) is 53.3 Å². The highest BCUT2D eigenvalue weighted by atomic mass is 35.5. The lowest BCUT2D eigenvalue weighted by Crippen LogP contribution is -2.37. The number of anilines is 1. The lowest BCUT2D eigenvalue weighted by atomic mass is 9.88. The Morgan fingerprint density at radius 3 is 2.46 bits per heavy atom. The van der Waals surface area contributed by atoms with Crippen LogP contribution in [0.25, 0.3) is 5.69 Å². The molecule has 0 saturated carbocycles. The van der Waals surface area contributed by atoms with Gasteiger partial charge < -0.3 is 20.1 Å². The van der Waals surface area contributed by atoms with Crippen molar-refractivity contribution in [1.82, 2.24) is 14.7 Å². The second-order valence-electron chi connectivity index (χ2n) is 9.41. The van der Waals surface area contributed by atoms with Crippen molar-refractivity contribution < 1.29 is 19.1 Å². The Hall–Kier alpha value is -3.56. The number of benzene rings is 2. The molecule has 1 heterocycles. The molecule has 3 aromatic rings. The van der Waals surface area contributed by atoms with Crippen molar-refractivity contribution in [1.29, 1.82) is 0 Å². The molecule has 0 aliphatic rings. The first kappa shape index (κ1) is 28.0. The maximum absolute atomic E-state index is 13.2. The van der Waals surface area contributed by atoms with Gasteiger partial charge in [0.2, 0.25) is 5.91 Å². The van der Waals surface area contributed by atoms with Crippen LogP contribution in [0.3, 0.4) is 0 Å². The zero-order chi connectivity index (χ0) is 27.2. The topological polar surface area (TPSA) is 104 Å². The van der Waals surface area contributed by atoms with Crippen LogP contribution in [0.4, 0.5) is 5.69 Å². The largest absolute Gasteiger partial charge is 0.467 e. The van der Waals surface area contributed by atoms with Gasteiger partial charge in [-0.15, -0.1) is 0 Å². The summed E-state index contributed by atoms with van der Waals surface area (Å²) in [4.78, 5) is 39.1. The van der Waals surface area contributed by atoms with Crippen LogP contribution in [0, 0.1) is 5.41 Å². The molecule has 0 atom stereocenters. The van der Waals surface area contributed by atoms with Crippen LogP contribution in [0.2, 0.25) is 5.02 Å². The third-order valence-corrected chi connectivity index (χ3v) is 6.11. The fraction of sp³-hybridized carbons (Fsp3) is 0.370. The number of para-hydroxylation sites is 1. The van der Waals surface area contributed by atoms with E-state index in [1.165, 1.54) is 17.9 Å². The van der Waals surface area contributed by atoms with Gasteiger partial charge in [0.15, 0.2) is 6.79 Å². The zero-order valence-corrected chi connectivity index (χ0v) is 22.5. The predicted octanol–water partition coefficient (Wildman–Crippen LogP) is 4.16. The number of amides is 2. The Morgan fingerprint density at radius 1 is 1.11 bits per heavy atom. The number of nitrogens with one attached hydrogen (secondary N) is 2. The molecule has 0 spiro atoms. The van der Waals surface area contributed by atoms with Crippen molar-refractivity contribution >= 4 is 29.1 Å². The standard InChI is InChI=1S/C27H33ClN4O5/c1-6-21-24(26(35)32(31(21)4)19-10-8-7-9-11-19)30-23(33)15-27(2,3)16-29-25(34)20-14-18(28)12-13-22(20)37-17-36-5/h7-14H,6,15-17H2,1-5H3,(H,29,34)(H,30,33).